The van der Waals surface area contributed by atoms with Gasteiger partial charge in [-0.25, -0.2) is 4.98 Å². The van der Waals surface area contributed by atoms with Crippen molar-refractivity contribution >= 4 is 27.2 Å². The van der Waals surface area contributed by atoms with Crippen LogP contribution in [0.1, 0.15) is 0 Å². The van der Waals surface area contributed by atoms with Crippen LogP contribution in [0.3, 0.4) is 0 Å². The Bertz CT molecular complexity index is 1230. The number of methoxy groups -OCH3 is 1. The fourth-order valence-electron chi connectivity index (χ4n) is 2.80. The van der Waals surface area contributed by atoms with Crippen molar-refractivity contribution in [3.05, 3.63) is 54.9 Å². The van der Waals surface area contributed by atoms with Crippen molar-refractivity contribution in [2.45, 2.75) is 0 Å². The molecule has 0 aliphatic rings. The first-order valence-electron chi connectivity index (χ1n) is 7.90. The Morgan fingerprint density at radius 3 is 2.85 bits per heavy atom. The molecule has 1 aromatic carbocycles. The molecular formula is C18H12N6OS. The van der Waals surface area contributed by atoms with Crippen molar-refractivity contribution in [2.24, 2.45) is 0 Å². The van der Waals surface area contributed by atoms with E-state index in [0.717, 1.165) is 32.9 Å². The van der Waals surface area contributed by atoms with Gasteiger partial charge < -0.3 is 4.74 Å². The Labute approximate surface area is 151 Å². The van der Waals surface area contributed by atoms with E-state index in [1.54, 1.807) is 24.0 Å². The fraction of sp³-hybridized carbons (Fsp3) is 0.0556. The number of fused-ring (bicyclic) bond motifs is 2. The molecule has 0 amide bonds. The zero-order chi connectivity index (χ0) is 17.5. The summed E-state index contributed by atoms with van der Waals surface area (Å²) in [5.41, 5.74) is 2.45. The number of hydrogen-bond acceptors (Lipinski definition) is 7. The summed E-state index contributed by atoms with van der Waals surface area (Å²) in [5.74, 6) is 1.40. The highest BCUT2D eigenvalue weighted by atomic mass is 32.1. The van der Waals surface area contributed by atoms with Gasteiger partial charge in [0.05, 0.1) is 7.11 Å². The fourth-order valence-corrected chi connectivity index (χ4v) is 3.61. The third kappa shape index (κ3) is 2.31. The van der Waals surface area contributed by atoms with E-state index in [1.807, 2.05) is 42.5 Å². The van der Waals surface area contributed by atoms with Crippen molar-refractivity contribution in [1.82, 2.24) is 29.8 Å². The summed E-state index contributed by atoms with van der Waals surface area (Å²) in [6.07, 6.45) is 3.47. The van der Waals surface area contributed by atoms with E-state index >= 15 is 0 Å². The number of nitrogens with zero attached hydrogens (tertiary/aromatic N) is 6. The Kier molecular flexibility index (Phi) is 3.36. The molecule has 0 radical (unpaired) electrons. The van der Waals surface area contributed by atoms with Crippen molar-refractivity contribution in [3.8, 4) is 27.8 Å². The van der Waals surface area contributed by atoms with Gasteiger partial charge in [-0.2, -0.15) is 9.61 Å². The van der Waals surface area contributed by atoms with E-state index in [9.17, 15) is 0 Å². The van der Waals surface area contributed by atoms with Gasteiger partial charge in [-0.1, -0.05) is 29.5 Å². The van der Waals surface area contributed by atoms with Crippen LogP contribution in [-0.4, -0.2) is 36.9 Å². The summed E-state index contributed by atoms with van der Waals surface area (Å²) in [6.45, 7) is 0. The summed E-state index contributed by atoms with van der Waals surface area (Å²) in [7, 11) is 1.65. The molecule has 0 saturated carbocycles. The normalized spacial score (nSPS) is 11.3. The lowest BCUT2D eigenvalue weighted by molar-refractivity contribution is 0.419. The lowest BCUT2D eigenvalue weighted by Gasteiger charge is -2.05. The molecule has 0 atom stereocenters. The molecule has 0 N–H and O–H groups in total. The molecule has 126 valence electrons. The van der Waals surface area contributed by atoms with Crippen molar-refractivity contribution in [2.75, 3.05) is 7.11 Å². The second-order valence-corrected chi connectivity index (χ2v) is 6.55. The molecule has 0 spiro atoms. The number of aromatic nitrogens is 6. The average Bonchev–Trinajstić information content (AvgIpc) is 3.28. The van der Waals surface area contributed by atoms with E-state index in [4.69, 9.17) is 9.72 Å². The van der Waals surface area contributed by atoms with Gasteiger partial charge in [0, 0.05) is 23.3 Å². The van der Waals surface area contributed by atoms with Gasteiger partial charge in [0.15, 0.2) is 10.8 Å². The quantitative estimate of drug-likeness (QED) is 0.490. The van der Waals surface area contributed by atoms with Crippen LogP contribution in [0.2, 0.25) is 0 Å². The molecule has 0 aliphatic heterocycles. The summed E-state index contributed by atoms with van der Waals surface area (Å²) in [6, 6.07) is 13.6. The molecule has 0 bridgehead atoms. The molecule has 5 aromatic rings. The third-order valence-electron chi connectivity index (χ3n) is 4.03. The predicted octanol–water partition coefficient (Wildman–Crippen LogP) is 3.47. The van der Waals surface area contributed by atoms with E-state index in [2.05, 4.69) is 20.3 Å². The molecule has 26 heavy (non-hydrogen) atoms. The molecule has 5 rings (SSSR count). The highest BCUT2D eigenvalue weighted by Crippen LogP contribution is 2.30. The first kappa shape index (κ1) is 14.9. The maximum Gasteiger partial charge on any atom is 0.235 e. The maximum atomic E-state index is 5.43. The molecular weight excluding hydrogens is 348 g/mol. The SMILES string of the molecule is COc1cccc2ccc(-c3nn4c(-c5cccnc5)nnc4s3)nc12. The van der Waals surface area contributed by atoms with E-state index in [1.165, 1.54) is 11.3 Å². The number of pyridine rings is 2. The number of hydrogen-bond donors (Lipinski definition) is 0. The number of benzene rings is 1. The molecule has 7 nitrogen and oxygen atoms in total. The van der Waals surface area contributed by atoms with Crippen LogP contribution in [-0.2, 0) is 0 Å². The van der Waals surface area contributed by atoms with Gasteiger partial charge in [0.1, 0.15) is 17.0 Å². The molecule has 0 saturated heterocycles. The maximum absolute atomic E-state index is 5.43. The molecule has 4 heterocycles. The van der Waals surface area contributed by atoms with Crippen LogP contribution in [0.5, 0.6) is 5.75 Å². The van der Waals surface area contributed by atoms with E-state index in [-0.39, 0.29) is 0 Å². The number of ether oxygens (including phenoxy) is 1. The standard InChI is InChI=1S/C18H12N6OS/c1-25-14-6-2-4-11-7-8-13(20-15(11)14)17-23-24-16(21-22-18(24)26-17)12-5-3-9-19-10-12/h2-10H,1H3. The zero-order valence-corrected chi connectivity index (χ0v) is 14.5. The van der Waals surface area contributed by atoms with Gasteiger partial charge >= 0.3 is 0 Å². The van der Waals surface area contributed by atoms with E-state index < -0.39 is 0 Å². The first-order valence-corrected chi connectivity index (χ1v) is 8.72. The van der Waals surface area contributed by atoms with Crippen LogP contribution >= 0.6 is 11.3 Å². The molecule has 0 fully saturated rings. The Balaban J connectivity index is 1.66. The zero-order valence-electron chi connectivity index (χ0n) is 13.7. The largest absolute Gasteiger partial charge is 0.494 e. The monoisotopic (exact) mass is 360 g/mol. The second kappa shape index (κ2) is 5.85. The third-order valence-corrected chi connectivity index (χ3v) is 4.95. The van der Waals surface area contributed by atoms with Gasteiger partial charge in [-0.05, 0) is 24.3 Å². The number of rotatable bonds is 3. The lowest BCUT2D eigenvalue weighted by atomic mass is 10.2. The smallest absolute Gasteiger partial charge is 0.235 e. The molecule has 0 unspecified atom stereocenters. The van der Waals surface area contributed by atoms with Crippen LogP contribution in [0.15, 0.2) is 54.9 Å². The summed E-state index contributed by atoms with van der Waals surface area (Å²) >= 11 is 1.44. The number of para-hydroxylation sites is 1. The Hall–Kier alpha value is -3.39. The second-order valence-electron chi connectivity index (χ2n) is 5.60. The van der Waals surface area contributed by atoms with Gasteiger partial charge in [-0.3, -0.25) is 4.98 Å². The molecule has 4 aromatic heterocycles. The topological polar surface area (TPSA) is 78.1 Å². The highest BCUT2D eigenvalue weighted by Gasteiger charge is 2.16. The highest BCUT2D eigenvalue weighted by molar-refractivity contribution is 7.19. The van der Waals surface area contributed by atoms with Gasteiger partial charge in [-0.15, -0.1) is 10.2 Å². The average molecular weight is 360 g/mol. The van der Waals surface area contributed by atoms with Crippen molar-refractivity contribution in [3.63, 3.8) is 0 Å². The minimum atomic E-state index is 0.661. The van der Waals surface area contributed by atoms with E-state index in [0.29, 0.717) is 10.8 Å². The minimum Gasteiger partial charge on any atom is -0.494 e. The van der Waals surface area contributed by atoms with Gasteiger partial charge in [0.25, 0.3) is 0 Å². The summed E-state index contributed by atoms with van der Waals surface area (Å²) < 4.78 is 7.15. The Morgan fingerprint density at radius 2 is 2.00 bits per heavy atom. The van der Waals surface area contributed by atoms with Crippen LogP contribution in [0.25, 0.3) is 38.0 Å². The lowest BCUT2D eigenvalue weighted by Crippen LogP contribution is -1.93. The summed E-state index contributed by atoms with van der Waals surface area (Å²) in [5, 5.41) is 14.9. The van der Waals surface area contributed by atoms with Crippen LogP contribution in [0.4, 0.5) is 0 Å². The van der Waals surface area contributed by atoms with Crippen molar-refractivity contribution in [1.29, 1.82) is 0 Å². The van der Waals surface area contributed by atoms with Crippen LogP contribution < -0.4 is 4.74 Å². The predicted molar refractivity (Wildman–Crippen MR) is 99.2 cm³/mol. The van der Waals surface area contributed by atoms with Crippen LogP contribution in [0, 0.1) is 0 Å². The van der Waals surface area contributed by atoms with Gasteiger partial charge in [0.2, 0.25) is 4.96 Å². The minimum absolute atomic E-state index is 0.661. The Morgan fingerprint density at radius 1 is 1.04 bits per heavy atom. The molecule has 8 heteroatoms. The molecule has 0 aliphatic carbocycles. The summed E-state index contributed by atoms with van der Waals surface area (Å²) in [4.78, 5) is 9.59. The van der Waals surface area contributed by atoms with Crippen molar-refractivity contribution < 1.29 is 4.74 Å². The first-order chi connectivity index (χ1) is 12.8.